The average molecular weight is 283 g/mol. The van der Waals surface area contributed by atoms with E-state index in [1.807, 2.05) is 11.0 Å². The second-order valence-electron chi connectivity index (χ2n) is 4.98. The van der Waals surface area contributed by atoms with Crippen LogP contribution in [-0.2, 0) is 4.79 Å². The van der Waals surface area contributed by atoms with E-state index < -0.39 is 0 Å². The summed E-state index contributed by atoms with van der Waals surface area (Å²) in [7, 11) is 0. The number of nitrogens with one attached hydrogen (secondary N) is 1. The van der Waals surface area contributed by atoms with Crippen molar-refractivity contribution in [1.29, 1.82) is 0 Å². The highest BCUT2D eigenvalue weighted by Gasteiger charge is 2.16. The quantitative estimate of drug-likeness (QED) is 0.920. The van der Waals surface area contributed by atoms with E-state index in [2.05, 4.69) is 36.5 Å². The van der Waals surface area contributed by atoms with E-state index in [1.165, 1.54) is 5.56 Å². The van der Waals surface area contributed by atoms with Gasteiger partial charge in [0.1, 0.15) is 0 Å². The normalized spacial score (nSPS) is 16.6. The molecule has 1 atom stereocenters. The lowest BCUT2D eigenvalue weighted by Gasteiger charge is -2.27. The van der Waals surface area contributed by atoms with Crippen LogP contribution in [0, 0.1) is 0 Å². The molecule has 1 N–H and O–H groups in total. The summed E-state index contributed by atoms with van der Waals surface area (Å²) in [4.78, 5) is 14.0. The van der Waals surface area contributed by atoms with Gasteiger partial charge in [-0.05, 0) is 17.9 Å². The first-order chi connectivity index (χ1) is 8.77. The number of piperazine rings is 1. The summed E-state index contributed by atoms with van der Waals surface area (Å²) in [5, 5.41) is 3.27. The maximum Gasteiger partial charge on any atom is 0.222 e. The van der Waals surface area contributed by atoms with E-state index in [0.29, 0.717) is 18.2 Å². The largest absolute Gasteiger partial charge is 0.340 e. The van der Waals surface area contributed by atoms with Gasteiger partial charge < -0.3 is 10.2 Å². The molecule has 0 spiro atoms. The zero-order valence-electron chi connectivity index (χ0n) is 11.5. The minimum absolute atomic E-state index is 0. The standard InChI is InChI=1S/C15H22N2O.ClH/c1-13(14-5-3-2-4-6-14)7-8-15(18)17-11-9-16-10-12-17;/h2-6,13,16H,7-12H2,1H3;1H. The predicted octanol–water partition coefficient (Wildman–Crippen LogP) is 2.42. The van der Waals surface area contributed by atoms with Crippen LogP contribution in [0.15, 0.2) is 30.3 Å². The highest BCUT2D eigenvalue weighted by atomic mass is 35.5. The Bertz CT molecular complexity index is 377. The first-order valence-corrected chi connectivity index (χ1v) is 6.81. The summed E-state index contributed by atoms with van der Waals surface area (Å²) in [6.07, 6.45) is 1.60. The zero-order chi connectivity index (χ0) is 12.8. The smallest absolute Gasteiger partial charge is 0.222 e. The van der Waals surface area contributed by atoms with Gasteiger partial charge in [0.15, 0.2) is 0 Å². The molecule has 1 unspecified atom stereocenters. The van der Waals surface area contributed by atoms with Gasteiger partial charge in [0.2, 0.25) is 5.91 Å². The van der Waals surface area contributed by atoms with E-state index in [0.717, 1.165) is 32.6 Å². The van der Waals surface area contributed by atoms with Crippen molar-refractivity contribution in [3.05, 3.63) is 35.9 Å². The summed E-state index contributed by atoms with van der Waals surface area (Å²) < 4.78 is 0. The van der Waals surface area contributed by atoms with Gasteiger partial charge in [-0.1, -0.05) is 37.3 Å². The van der Waals surface area contributed by atoms with Gasteiger partial charge in [-0.15, -0.1) is 12.4 Å². The van der Waals surface area contributed by atoms with Gasteiger partial charge >= 0.3 is 0 Å². The van der Waals surface area contributed by atoms with Crippen molar-refractivity contribution in [3.8, 4) is 0 Å². The Kier molecular flexibility index (Phi) is 6.89. The number of carbonyl (C=O) groups excluding carboxylic acids is 1. The lowest BCUT2D eigenvalue weighted by atomic mass is 9.96. The van der Waals surface area contributed by atoms with Crippen LogP contribution in [0.1, 0.15) is 31.2 Å². The highest BCUT2D eigenvalue weighted by molar-refractivity contribution is 5.85. The Morgan fingerprint density at radius 3 is 2.53 bits per heavy atom. The Labute approximate surface area is 121 Å². The molecule has 106 valence electrons. The van der Waals surface area contributed by atoms with Crippen molar-refractivity contribution in [2.75, 3.05) is 26.2 Å². The van der Waals surface area contributed by atoms with E-state index in [1.54, 1.807) is 0 Å². The van der Waals surface area contributed by atoms with Gasteiger partial charge in [0.25, 0.3) is 0 Å². The third kappa shape index (κ3) is 4.84. The molecule has 4 heteroatoms. The maximum atomic E-state index is 12.0. The number of hydrogen-bond donors (Lipinski definition) is 1. The molecular weight excluding hydrogens is 260 g/mol. The average Bonchev–Trinajstić information content (AvgIpc) is 2.46. The molecule has 19 heavy (non-hydrogen) atoms. The highest BCUT2D eigenvalue weighted by Crippen LogP contribution is 2.20. The molecule has 3 nitrogen and oxygen atoms in total. The predicted molar refractivity (Wildman–Crippen MR) is 80.8 cm³/mol. The van der Waals surface area contributed by atoms with Crippen LogP contribution in [0.2, 0.25) is 0 Å². The van der Waals surface area contributed by atoms with Crippen LogP contribution in [-0.4, -0.2) is 37.0 Å². The van der Waals surface area contributed by atoms with Crippen molar-refractivity contribution in [1.82, 2.24) is 10.2 Å². The molecule has 1 aliphatic heterocycles. The molecule has 1 aromatic carbocycles. The number of benzene rings is 1. The molecule has 2 rings (SSSR count). The first kappa shape index (κ1) is 16.0. The summed E-state index contributed by atoms with van der Waals surface area (Å²) in [6, 6.07) is 10.4. The van der Waals surface area contributed by atoms with Crippen molar-refractivity contribution in [2.24, 2.45) is 0 Å². The Morgan fingerprint density at radius 2 is 1.89 bits per heavy atom. The Hall–Kier alpha value is -1.06. The molecule has 0 bridgehead atoms. The van der Waals surface area contributed by atoms with Crippen molar-refractivity contribution in [3.63, 3.8) is 0 Å². The van der Waals surface area contributed by atoms with E-state index in [4.69, 9.17) is 0 Å². The third-order valence-electron chi connectivity index (χ3n) is 3.63. The van der Waals surface area contributed by atoms with Crippen LogP contribution in [0.25, 0.3) is 0 Å². The van der Waals surface area contributed by atoms with Gasteiger partial charge in [-0.25, -0.2) is 0 Å². The topological polar surface area (TPSA) is 32.3 Å². The monoisotopic (exact) mass is 282 g/mol. The van der Waals surface area contributed by atoms with Crippen molar-refractivity contribution >= 4 is 18.3 Å². The summed E-state index contributed by atoms with van der Waals surface area (Å²) in [5.74, 6) is 0.761. The molecule has 0 aromatic heterocycles. The SMILES string of the molecule is CC(CCC(=O)N1CCNCC1)c1ccccc1.Cl. The fraction of sp³-hybridized carbons (Fsp3) is 0.533. The van der Waals surface area contributed by atoms with Crippen molar-refractivity contribution in [2.45, 2.75) is 25.7 Å². The lowest BCUT2D eigenvalue weighted by Crippen LogP contribution is -2.46. The molecule has 1 heterocycles. The molecular formula is C15H23ClN2O. The van der Waals surface area contributed by atoms with Gasteiger partial charge in [0.05, 0.1) is 0 Å². The van der Waals surface area contributed by atoms with Gasteiger partial charge in [-0.3, -0.25) is 4.79 Å². The van der Waals surface area contributed by atoms with Crippen LogP contribution in [0.4, 0.5) is 0 Å². The zero-order valence-corrected chi connectivity index (χ0v) is 12.3. The summed E-state index contributed by atoms with van der Waals surface area (Å²) in [5.41, 5.74) is 1.32. The second kappa shape index (κ2) is 8.18. The number of hydrogen-bond acceptors (Lipinski definition) is 2. The van der Waals surface area contributed by atoms with E-state index in [-0.39, 0.29) is 12.4 Å². The first-order valence-electron chi connectivity index (χ1n) is 6.81. The number of halogens is 1. The van der Waals surface area contributed by atoms with Crippen LogP contribution in [0.3, 0.4) is 0 Å². The number of nitrogens with zero attached hydrogens (tertiary/aromatic N) is 1. The van der Waals surface area contributed by atoms with E-state index in [9.17, 15) is 4.79 Å². The minimum Gasteiger partial charge on any atom is -0.340 e. The van der Waals surface area contributed by atoms with E-state index >= 15 is 0 Å². The van der Waals surface area contributed by atoms with Crippen LogP contribution >= 0.6 is 12.4 Å². The molecule has 0 saturated carbocycles. The van der Waals surface area contributed by atoms with Gasteiger partial charge in [-0.2, -0.15) is 0 Å². The molecule has 1 aliphatic rings. The molecule has 0 aliphatic carbocycles. The molecule has 1 aromatic rings. The molecule has 1 fully saturated rings. The van der Waals surface area contributed by atoms with Crippen LogP contribution < -0.4 is 5.32 Å². The minimum atomic E-state index is 0. The summed E-state index contributed by atoms with van der Waals surface area (Å²) >= 11 is 0. The van der Waals surface area contributed by atoms with Gasteiger partial charge in [0, 0.05) is 32.6 Å². The second-order valence-corrected chi connectivity index (χ2v) is 4.98. The Morgan fingerprint density at radius 1 is 1.26 bits per heavy atom. The number of carbonyl (C=O) groups is 1. The molecule has 1 saturated heterocycles. The number of amides is 1. The van der Waals surface area contributed by atoms with Crippen molar-refractivity contribution < 1.29 is 4.79 Å². The fourth-order valence-electron chi connectivity index (χ4n) is 2.36. The fourth-order valence-corrected chi connectivity index (χ4v) is 2.36. The number of rotatable bonds is 4. The third-order valence-corrected chi connectivity index (χ3v) is 3.63. The lowest BCUT2D eigenvalue weighted by molar-refractivity contribution is -0.131. The molecule has 1 amide bonds. The molecule has 0 radical (unpaired) electrons. The Balaban J connectivity index is 0.00000180. The van der Waals surface area contributed by atoms with Crippen LogP contribution in [0.5, 0.6) is 0 Å². The summed E-state index contributed by atoms with van der Waals surface area (Å²) in [6.45, 7) is 5.78. The maximum absolute atomic E-state index is 12.0.